The lowest BCUT2D eigenvalue weighted by Gasteiger charge is -2.21. The van der Waals surface area contributed by atoms with E-state index in [4.69, 9.17) is 21.1 Å². The average Bonchev–Trinajstić information content (AvgIpc) is 3.42. The lowest BCUT2D eigenvalue weighted by atomic mass is 10.1. The maximum Gasteiger partial charge on any atom is 0.258 e. The Morgan fingerprint density at radius 2 is 2.07 bits per heavy atom. The van der Waals surface area contributed by atoms with Crippen molar-refractivity contribution in [2.75, 3.05) is 13.2 Å². The molecule has 0 unspecified atom stereocenters. The highest BCUT2D eigenvalue weighted by Gasteiger charge is 2.33. The average molecular weight is 429 g/mol. The number of benzene rings is 1. The highest BCUT2D eigenvalue weighted by molar-refractivity contribution is 6.31. The molecule has 0 saturated carbocycles. The van der Waals surface area contributed by atoms with Gasteiger partial charge in [-0.15, -0.1) is 0 Å². The smallest absolute Gasteiger partial charge is 0.258 e. The van der Waals surface area contributed by atoms with Crippen molar-refractivity contribution >= 4 is 23.2 Å². The summed E-state index contributed by atoms with van der Waals surface area (Å²) in [7, 11) is 0. The van der Waals surface area contributed by atoms with Gasteiger partial charge < -0.3 is 19.5 Å². The lowest BCUT2D eigenvalue weighted by molar-refractivity contribution is 0.0667. The molecule has 3 aromatic rings. The summed E-state index contributed by atoms with van der Waals surface area (Å²) in [6, 6.07) is 7.07. The molecule has 1 fully saturated rings. The number of halogens is 1. The molecule has 1 N–H and O–H groups in total. The molecule has 2 aliphatic heterocycles. The van der Waals surface area contributed by atoms with Crippen molar-refractivity contribution in [2.45, 2.75) is 39.1 Å². The summed E-state index contributed by atoms with van der Waals surface area (Å²) < 4.78 is 12.9. The molecule has 156 valence electrons. The number of hydrogen-bond donors (Lipinski definition) is 1. The van der Waals surface area contributed by atoms with Gasteiger partial charge in [-0.05, 0) is 26.0 Å². The van der Waals surface area contributed by atoms with Crippen LogP contribution < -0.4 is 4.74 Å². The number of hydrogen-bond acceptors (Lipinski definition) is 6. The number of ether oxygens (including phenoxy) is 2. The maximum absolute atomic E-state index is 13.3. The van der Waals surface area contributed by atoms with E-state index in [1.165, 1.54) is 0 Å². The van der Waals surface area contributed by atoms with Crippen LogP contribution in [0.4, 0.5) is 0 Å². The highest BCUT2D eigenvalue weighted by Crippen LogP contribution is 2.31. The summed E-state index contributed by atoms with van der Waals surface area (Å²) in [6.45, 7) is 5.10. The number of carbonyl (C=O) groups is 1. The number of para-hydroxylation sites is 1. The van der Waals surface area contributed by atoms with E-state index in [-0.39, 0.29) is 12.5 Å². The van der Waals surface area contributed by atoms with Crippen molar-refractivity contribution in [1.29, 1.82) is 0 Å². The van der Waals surface area contributed by atoms with E-state index in [9.17, 15) is 9.90 Å². The molecule has 1 amide bonds. The second kappa shape index (κ2) is 7.23. The van der Waals surface area contributed by atoms with Crippen molar-refractivity contribution in [3.8, 4) is 5.75 Å². The molecule has 1 aromatic carbocycles. The normalized spacial score (nSPS) is 20.7. The minimum atomic E-state index is -0.706. The third-order valence-corrected chi connectivity index (χ3v) is 6.19. The van der Waals surface area contributed by atoms with Gasteiger partial charge in [-0.1, -0.05) is 23.7 Å². The van der Waals surface area contributed by atoms with E-state index in [1.807, 2.05) is 13.8 Å². The number of aromatic nitrogens is 3. The molecule has 5 rings (SSSR count). The predicted octanol–water partition coefficient (Wildman–Crippen LogP) is 2.29. The number of carbonyl (C=O) groups excluding carboxylic acids is 1. The fourth-order valence-electron chi connectivity index (χ4n) is 3.97. The number of aliphatic hydroxyl groups is 1. The Hall–Kier alpha value is -2.68. The topological polar surface area (TPSA) is 89.2 Å². The molecule has 0 spiro atoms. The zero-order valence-corrected chi connectivity index (χ0v) is 17.4. The molecule has 0 radical (unpaired) electrons. The van der Waals surface area contributed by atoms with Gasteiger partial charge in [0.05, 0.1) is 54.0 Å². The summed E-state index contributed by atoms with van der Waals surface area (Å²) in [4.78, 5) is 19.6. The molecule has 8 nitrogen and oxygen atoms in total. The number of amides is 1. The number of aliphatic hydroxyl groups excluding tert-OH is 1. The van der Waals surface area contributed by atoms with Gasteiger partial charge in [-0.2, -0.15) is 5.10 Å². The molecule has 0 aliphatic carbocycles. The van der Waals surface area contributed by atoms with Crippen molar-refractivity contribution in [3.05, 3.63) is 57.5 Å². The van der Waals surface area contributed by atoms with E-state index < -0.39 is 12.2 Å². The molecule has 30 heavy (non-hydrogen) atoms. The second-order valence-corrected chi connectivity index (χ2v) is 8.05. The highest BCUT2D eigenvalue weighted by atomic mass is 35.5. The summed E-state index contributed by atoms with van der Waals surface area (Å²) in [5, 5.41) is 15.2. The van der Waals surface area contributed by atoms with Crippen LogP contribution in [0.2, 0.25) is 5.02 Å². The molecule has 1 saturated heterocycles. The minimum Gasteiger partial charge on any atom is -0.484 e. The third-order valence-electron chi connectivity index (χ3n) is 5.64. The summed E-state index contributed by atoms with van der Waals surface area (Å²) >= 11 is 6.31. The van der Waals surface area contributed by atoms with E-state index in [2.05, 4.69) is 10.1 Å². The third kappa shape index (κ3) is 3.03. The first-order chi connectivity index (χ1) is 14.4. The van der Waals surface area contributed by atoms with Gasteiger partial charge in [0.1, 0.15) is 18.0 Å². The zero-order valence-electron chi connectivity index (χ0n) is 16.6. The number of nitrogens with zero attached hydrogens (tertiary/aromatic N) is 4. The Morgan fingerprint density at radius 1 is 1.27 bits per heavy atom. The number of aryl methyl sites for hydroxylation is 2. The van der Waals surface area contributed by atoms with Crippen molar-refractivity contribution < 1.29 is 19.4 Å². The van der Waals surface area contributed by atoms with Crippen LogP contribution in [0.1, 0.15) is 33.0 Å². The largest absolute Gasteiger partial charge is 0.484 e. The van der Waals surface area contributed by atoms with Crippen LogP contribution in [0.3, 0.4) is 0 Å². The predicted molar refractivity (Wildman–Crippen MR) is 109 cm³/mol. The SMILES string of the molecule is Cc1nc2c3c(nn2c(C)c1Cl)CN(C(=O)c1ccccc1O[C@H]1COC[C@@H]1O)C3. The van der Waals surface area contributed by atoms with Crippen LogP contribution >= 0.6 is 11.6 Å². The number of rotatable bonds is 3. The first-order valence-electron chi connectivity index (χ1n) is 9.78. The first kappa shape index (κ1) is 19.3. The van der Waals surface area contributed by atoms with E-state index >= 15 is 0 Å². The Labute approximate surface area is 178 Å². The summed E-state index contributed by atoms with van der Waals surface area (Å²) in [6.07, 6.45) is -1.19. The molecule has 2 atom stereocenters. The van der Waals surface area contributed by atoms with Crippen LogP contribution in [0.15, 0.2) is 24.3 Å². The second-order valence-electron chi connectivity index (χ2n) is 7.68. The van der Waals surface area contributed by atoms with Gasteiger partial charge in [-0.3, -0.25) is 4.79 Å². The first-order valence-corrected chi connectivity index (χ1v) is 10.2. The Morgan fingerprint density at radius 3 is 2.83 bits per heavy atom. The van der Waals surface area contributed by atoms with Gasteiger partial charge in [0, 0.05) is 5.56 Å². The van der Waals surface area contributed by atoms with Crippen LogP contribution in [-0.4, -0.2) is 55.9 Å². The number of fused-ring (bicyclic) bond motifs is 3. The molecule has 9 heteroatoms. The van der Waals surface area contributed by atoms with E-state index in [0.29, 0.717) is 36.0 Å². The lowest BCUT2D eigenvalue weighted by Crippen LogP contribution is -2.31. The van der Waals surface area contributed by atoms with Crippen molar-refractivity contribution in [1.82, 2.24) is 19.5 Å². The van der Waals surface area contributed by atoms with Crippen LogP contribution in [-0.2, 0) is 17.8 Å². The molecule has 2 aromatic heterocycles. The fraction of sp³-hybridized carbons (Fsp3) is 0.381. The van der Waals surface area contributed by atoms with Gasteiger partial charge in [0.15, 0.2) is 5.65 Å². The molecular formula is C21H21ClN4O4. The van der Waals surface area contributed by atoms with Crippen LogP contribution in [0.25, 0.3) is 5.65 Å². The zero-order chi connectivity index (χ0) is 21.0. The van der Waals surface area contributed by atoms with Gasteiger partial charge >= 0.3 is 0 Å². The van der Waals surface area contributed by atoms with Crippen LogP contribution in [0, 0.1) is 13.8 Å². The Balaban J connectivity index is 1.42. The molecular weight excluding hydrogens is 408 g/mol. The van der Waals surface area contributed by atoms with Gasteiger partial charge in [0.25, 0.3) is 5.91 Å². The molecule has 2 aliphatic rings. The van der Waals surface area contributed by atoms with Crippen molar-refractivity contribution in [2.24, 2.45) is 0 Å². The standard InChI is InChI=1S/C21H21ClN4O4/c1-11-19(22)12(2)26-20(23-11)14-7-25(8-15(14)24-26)21(28)13-5-3-4-6-17(13)30-18-10-29-9-16(18)27/h3-6,16,18,27H,7-10H2,1-2H3/t16-,18-/m0/s1. The Bertz CT molecular complexity index is 1160. The maximum atomic E-state index is 13.3. The minimum absolute atomic E-state index is 0.155. The van der Waals surface area contributed by atoms with Crippen molar-refractivity contribution in [3.63, 3.8) is 0 Å². The monoisotopic (exact) mass is 428 g/mol. The van der Waals surface area contributed by atoms with Gasteiger partial charge in [-0.25, -0.2) is 9.50 Å². The summed E-state index contributed by atoms with van der Waals surface area (Å²) in [5.41, 5.74) is 4.51. The van der Waals surface area contributed by atoms with Crippen LogP contribution in [0.5, 0.6) is 5.75 Å². The van der Waals surface area contributed by atoms with E-state index in [0.717, 1.165) is 28.3 Å². The quantitative estimate of drug-likeness (QED) is 0.688. The van der Waals surface area contributed by atoms with Gasteiger partial charge in [0.2, 0.25) is 0 Å². The summed E-state index contributed by atoms with van der Waals surface area (Å²) in [5.74, 6) is 0.282. The molecule has 4 heterocycles. The Kier molecular flexibility index (Phi) is 4.65. The molecule has 0 bridgehead atoms. The fourth-order valence-corrected chi connectivity index (χ4v) is 4.09. The van der Waals surface area contributed by atoms with E-state index in [1.54, 1.807) is 33.7 Å².